The minimum absolute atomic E-state index is 0.112. The Morgan fingerprint density at radius 1 is 1.36 bits per heavy atom. The molecular weight excluding hydrogens is 298 g/mol. The van der Waals surface area contributed by atoms with Gasteiger partial charge < -0.3 is 19.8 Å². The van der Waals surface area contributed by atoms with Crippen molar-refractivity contribution in [3.8, 4) is 0 Å². The molecule has 0 rings (SSSR count). The molecule has 10 nitrogen and oxygen atoms in total. The average Bonchev–Trinajstić information content (AvgIpc) is 2.43. The van der Waals surface area contributed by atoms with Crippen LogP contribution in [-0.4, -0.2) is 53.7 Å². The number of hydrogen-bond donors (Lipinski definition) is 1. The first-order valence-corrected chi connectivity index (χ1v) is 6.97. The highest BCUT2D eigenvalue weighted by molar-refractivity contribution is 5.66. The van der Waals surface area contributed by atoms with Gasteiger partial charge in [0, 0.05) is 13.3 Å². The van der Waals surface area contributed by atoms with E-state index in [4.69, 9.17) is 9.94 Å². The quantitative estimate of drug-likeness (QED) is 0.153. The van der Waals surface area contributed by atoms with Crippen LogP contribution in [0.2, 0.25) is 0 Å². The van der Waals surface area contributed by atoms with Gasteiger partial charge in [0.05, 0.1) is 25.2 Å². The molecule has 1 N–H and O–H groups in total. The topological polar surface area (TPSA) is 124 Å². The Morgan fingerprint density at radius 3 is 2.64 bits per heavy atom. The molecule has 0 heterocycles. The summed E-state index contributed by atoms with van der Waals surface area (Å²) in [6.07, 6.45) is 0.0377. The minimum atomic E-state index is -1.06. The minimum Gasteiger partial charge on any atom is -0.569 e. The van der Waals surface area contributed by atoms with Crippen molar-refractivity contribution in [3.05, 3.63) is 5.21 Å². The SMILES string of the molecule is CCOC(=O)OC(C)O/N=[N+](\[O-])N(C)CCCCCC(=O)O. The lowest BCUT2D eigenvalue weighted by Gasteiger charge is -2.14. The van der Waals surface area contributed by atoms with Crippen LogP contribution >= 0.6 is 0 Å². The zero-order chi connectivity index (χ0) is 17.0. The fourth-order valence-corrected chi connectivity index (χ4v) is 1.36. The van der Waals surface area contributed by atoms with E-state index in [1.807, 2.05) is 0 Å². The summed E-state index contributed by atoms with van der Waals surface area (Å²) in [5.41, 5.74) is 0. The number of nitrogens with zero attached hydrogens (tertiary/aromatic N) is 3. The highest BCUT2D eigenvalue weighted by Gasteiger charge is 2.13. The van der Waals surface area contributed by atoms with Gasteiger partial charge in [-0.2, -0.15) is 0 Å². The highest BCUT2D eigenvalue weighted by atomic mass is 16.8. The molecule has 1 atom stereocenters. The van der Waals surface area contributed by atoms with Crippen molar-refractivity contribution in [2.75, 3.05) is 20.2 Å². The van der Waals surface area contributed by atoms with E-state index in [0.29, 0.717) is 25.8 Å². The average molecular weight is 321 g/mol. The van der Waals surface area contributed by atoms with Crippen molar-refractivity contribution < 1.29 is 34.0 Å². The molecule has 0 aliphatic heterocycles. The first-order chi connectivity index (χ1) is 10.4. The molecule has 0 aliphatic rings. The zero-order valence-electron chi connectivity index (χ0n) is 13.1. The molecule has 0 aromatic rings. The number of unbranched alkanes of at least 4 members (excludes halogenated alkanes) is 2. The van der Waals surface area contributed by atoms with Gasteiger partial charge in [-0.3, -0.25) is 9.63 Å². The molecule has 0 fully saturated rings. The molecule has 0 saturated carbocycles. The Kier molecular flexibility index (Phi) is 10.2. The molecule has 128 valence electrons. The number of hydrazine groups is 1. The number of carboxylic acid groups (broad SMARTS) is 1. The van der Waals surface area contributed by atoms with Gasteiger partial charge >= 0.3 is 12.1 Å². The molecule has 1 unspecified atom stereocenters. The number of ether oxygens (including phenoxy) is 2. The van der Waals surface area contributed by atoms with Gasteiger partial charge in [-0.1, -0.05) is 6.42 Å². The van der Waals surface area contributed by atoms with Crippen molar-refractivity contribution in [3.63, 3.8) is 0 Å². The Morgan fingerprint density at radius 2 is 2.05 bits per heavy atom. The molecule has 22 heavy (non-hydrogen) atoms. The van der Waals surface area contributed by atoms with Crippen LogP contribution in [0.15, 0.2) is 5.28 Å². The first-order valence-electron chi connectivity index (χ1n) is 6.97. The van der Waals surface area contributed by atoms with Crippen LogP contribution in [-0.2, 0) is 19.1 Å². The molecule has 0 aliphatic carbocycles. The summed E-state index contributed by atoms with van der Waals surface area (Å²) in [6, 6.07) is 0. The van der Waals surface area contributed by atoms with Crippen LogP contribution in [0.1, 0.15) is 39.5 Å². The molecular formula is C12H23N3O7. The van der Waals surface area contributed by atoms with E-state index < -0.39 is 18.4 Å². The molecule has 0 bridgehead atoms. The van der Waals surface area contributed by atoms with Gasteiger partial charge in [-0.05, 0) is 19.8 Å². The number of aliphatic carboxylic acids is 1. The summed E-state index contributed by atoms with van der Waals surface area (Å²) < 4.78 is 9.17. The van der Waals surface area contributed by atoms with Gasteiger partial charge in [0.2, 0.25) is 5.28 Å². The van der Waals surface area contributed by atoms with E-state index in [0.717, 1.165) is 0 Å². The van der Waals surface area contributed by atoms with Gasteiger partial charge in [-0.25, -0.2) is 4.79 Å². The summed E-state index contributed by atoms with van der Waals surface area (Å²) in [4.78, 5) is 26.2. The van der Waals surface area contributed by atoms with E-state index in [1.54, 1.807) is 6.92 Å². The molecule has 0 spiro atoms. The molecule has 0 saturated heterocycles. The van der Waals surface area contributed by atoms with Gasteiger partial charge in [0.1, 0.15) is 0 Å². The van der Waals surface area contributed by atoms with Crippen LogP contribution in [0.4, 0.5) is 4.79 Å². The lowest BCUT2D eigenvalue weighted by molar-refractivity contribution is -0.707. The van der Waals surface area contributed by atoms with Crippen LogP contribution in [0.5, 0.6) is 0 Å². The number of carbonyl (C=O) groups excluding carboxylic acids is 1. The maximum atomic E-state index is 11.5. The van der Waals surface area contributed by atoms with Crippen molar-refractivity contribution in [1.82, 2.24) is 5.01 Å². The molecule has 0 aromatic carbocycles. The predicted molar refractivity (Wildman–Crippen MR) is 73.4 cm³/mol. The summed E-state index contributed by atoms with van der Waals surface area (Å²) in [7, 11) is 1.51. The Balaban J connectivity index is 3.93. The zero-order valence-corrected chi connectivity index (χ0v) is 13.1. The predicted octanol–water partition coefficient (Wildman–Crippen LogP) is 1.89. The Hall–Kier alpha value is -2.26. The second kappa shape index (κ2) is 11.4. The second-order valence-electron chi connectivity index (χ2n) is 4.39. The smallest absolute Gasteiger partial charge is 0.511 e. The van der Waals surface area contributed by atoms with Crippen molar-refractivity contribution >= 4 is 12.1 Å². The fraction of sp³-hybridized carbons (Fsp3) is 0.833. The van der Waals surface area contributed by atoms with E-state index in [1.165, 1.54) is 19.0 Å². The molecule has 0 aromatic heterocycles. The van der Waals surface area contributed by atoms with E-state index in [-0.39, 0.29) is 18.0 Å². The first kappa shape index (κ1) is 19.7. The third-order valence-corrected chi connectivity index (χ3v) is 2.45. The third-order valence-electron chi connectivity index (χ3n) is 2.45. The number of rotatable bonds is 11. The van der Waals surface area contributed by atoms with Gasteiger partial charge in [0.15, 0.2) is 0 Å². The van der Waals surface area contributed by atoms with Crippen LogP contribution < -0.4 is 0 Å². The normalized spacial score (nSPS) is 12.4. The largest absolute Gasteiger partial charge is 0.569 e. The number of hydrogen-bond acceptors (Lipinski definition) is 7. The lowest BCUT2D eigenvalue weighted by Crippen LogP contribution is -2.28. The van der Waals surface area contributed by atoms with E-state index in [9.17, 15) is 14.8 Å². The summed E-state index contributed by atoms with van der Waals surface area (Å²) in [6.45, 7) is 3.58. The maximum Gasteiger partial charge on any atom is 0.511 e. The molecule has 10 heteroatoms. The van der Waals surface area contributed by atoms with Gasteiger partial charge in [-0.15, -0.1) is 5.01 Å². The Labute approximate surface area is 128 Å². The summed E-state index contributed by atoms with van der Waals surface area (Å²) in [5.74, 6) is -0.835. The number of carboxylic acids is 1. The molecule has 0 amide bonds. The Bertz CT molecular complexity index is 376. The van der Waals surface area contributed by atoms with Crippen molar-refractivity contribution in [2.24, 2.45) is 5.28 Å². The van der Waals surface area contributed by atoms with E-state index in [2.05, 4.69) is 14.8 Å². The fourth-order valence-electron chi connectivity index (χ4n) is 1.36. The monoisotopic (exact) mass is 321 g/mol. The summed E-state index contributed by atoms with van der Waals surface area (Å²) >= 11 is 0. The lowest BCUT2D eigenvalue weighted by atomic mass is 10.2. The standard InChI is InChI=1S/C12H23N3O7/c1-4-20-12(18)21-10(2)22-13-15(19)14(3)9-7-5-6-8-11(16)17/h10H,4-9H2,1-3H3,(H,16,17)/b15-13-. The van der Waals surface area contributed by atoms with Crippen LogP contribution in [0.25, 0.3) is 0 Å². The second-order valence-corrected chi connectivity index (χ2v) is 4.39. The maximum absolute atomic E-state index is 11.5. The highest BCUT2D eigenvalue weighted by Crippen LogP contribution is 2.02. The van der Waals surface area contributed by atoms with Gasteiger partial charge in [0.25, 0.3) is 6.29 Å². The molecule has 0 radical (unpaired) electrons. The van der Waals surface area contributed by atoms with Crippen LogP contribution in [0, 0.1) is 5.21 Å². The van der Waals surface area contributed by atoms with Crippen molar-refractivity contribution in [1.29, 1.82) is 0 Å². The number of carbonyl (C=O) groups is 2. The van der Waals surface area contributed by atoms with E-state index >= 15 is 0 Å². The van der Waals surface area contributed by atoms with Crippen LogP contribution in [0.3, 0.4) is 0 Å². The van der Waals surface area contributed by atoms with Crippen molar-refractivity contribution in [2.45, 2.75) is 45.8 Å². The summed E-state index contributed by atoms with van der Waals surface area (Å²) in [5, 5.41) is 24.5. The third kappa shape index (κ3) is 10.5.